The molecule has 0 rings (SSSR count). The molecule has 0 aromatic heterocycles. The molecular weight excluding hydrogens is 676 g/mol. The van der Waals surface area contributed by atoms with E-state index < -0.39 is 23.6 Å². The molecule has 0 fully saturated rings. The second-order valence-electron chi connectivity index (χ2n) is 13.8. The highest BCUT2D eigenvalue weighted by Gasteiger charge is 2.32. The lowest BCUT2D eigenvalue weighted by Gasteiger charge is -2.30. The minimum atomic E-state index is -1.08. The first-order valence-corrected chi connectivity index (χ1v) is 20.0. The van der Waals surface area contributed by atoms with Gasteiger partial charge in [0.15, 0.2) is 5.78 Å². The Bertz CT molecular complexity index is 1100. The molecule has 0 saturated carbocycles. The number of hydrogen-bond acceptors (Lipinski definition) is 10. The molecule has 0 aromatic carbocycles. The molecule has 0 amide bonds. The van der Waals surface area contributed by atoms with Crippen LogP contribution in [0.2, 0.25) is 0 Å². The van der Waals surface area contributed by atoms with Crippen molar-refractivity contribution in [2.24, 2.45) is 0 Å². The first-order valence-electron chi connectivity index (χ1n) is 20.0. The quantitative estimate of drug-likeness (QED) is 0.0189. The van der Waals surface area contributed by atoms with E-state index in [0.29, 0.717) is 50.8 Å². The predicted molar refractivity (Wildman–Crippen MR) is 210 cm³/mol. The maximum atomic E-state index is 12.6. The number of rotatable bonds is 37. The topological polar surface area (TPSA) is 152 Å². The second kappa shape index (κ2) is 33.3. The van der Waals surface area contributed by atoms with Crippen molar-refractivity contribution < 1.29 is 43.6 Å². The summed E-state index contributed by atoms with van der Waals surface area (Å²) in [6.07, 6.45) is 24.5. The zero-order valence-electron chi connectivity index (χ0n) is 33.3. The Morgan fingerprint density at radius 2 is 1.40 bits per heavy atom. The Hall–Kier alpha value is -3.24. The average molecular weight is 749 g/mol. The zero-order valence-corrected chi connectivity index (χ0v) is 33.3. The maximum Gasteiger partial charge on any atom is 0.317 e. The van der Waals surface area contributed by atoms with Crippen molar-refractivity contribution in [2.45, 2.75) is 154 Å². The minimum Gasteiger partial charge on any atom is -0.480 e. The Balaban J connectivity index is 4.31. The monoisotopic (exact) mass is 749 g/mol. The van der Waals surface area contributed by atoms with E-state index in [2.05, 4.69) is 43.3 Å². The van der Waals surface area contributed by atoms with Crippen LogP contribution in [0.3, 0.4) is 0 Å². The van der Waals surface area contributed by atoms with Crippen LogP contribution >= 0.6 is 0 Å². The molecule has 0 aliphatic carbocycles. The van der Waals surface area contributed by atoms with E-state index in [-0.39, 0.29) is 51.1 Å². The van der Waals surface area contributed by atoms with Crippen LogP contribution in [-0.2, 0) is 33.4 Å². The summed E-state index contributed by atoms with van der Waals surface area (Å²) in [5.41, 5.74) is 2.55. The van der Waals surface area contributed by atoms with E-state index >= 15 is 0 Å². The number of aliphatic hydroxyl groups excluding tert-OH is 1. The summed E-state index contributed by atoms with van der Waals surface area (Å²) in [6, 6.07) is -0.470. The van der Waals surface area contributed by atoms with E-state index in [0.717, 1.165) is 38.2 Å². The SMILES string of the molecule is C=C=C(CCC(=O)OC[C@@](CC)(COC(=O)CCCCCCC/C=C\CCCCCCCC)OC)NCCCCC(CO)N(CC(=O)O)CC(=O)C=C. The fourth-order valence-corrected chi connectivity index (χ4v) is 5.77. The smallest absolute Gasteiger partial charge is 0.317 e. The van der Waals surface area contributed by atoms with Crippen LogP contribution in [-0.4, -0.2) is 97.0 Å². The lowest BCUT2D eigenvalue weighted by atomic mass is 10.0. The van der Waals surface area contributed by atoms with Crippen molar-refractivity contribution in [3.05, 3.63) is 42.8 Å². The lowest BCUT2D eigenvalue weighted by Crippen LogP contribution is -2.44. The number of methoxy groups -OCH3 is 1. The first kappa shape index (κ1) is 49.8. The van der Waals surface area contributed by atoms with Gasteiger partial charge in [-0.1, -0.05) is 96.9 Å². The summed E-state index contributed by atoms with van der Waals surface area (Å²) in [4.78, 5) is 49.5. The molecule has 1 unspecified atom stereocenters. The maximum absolute atomic E-state index is 12.6. The Labute approximate surface area is 320 Å². The lowest BCUT2D eigenvalue weighted by molar-refractivity contribution is -0.167. The number of allylic oxidation sites excluding steroid dienone is 3. The zero-order chi connectivity index (χ0) is 39.6. The third kappa shape index (κ3) is 27.1. The predicted octanol–water partition coefficient (Wildman–Crippen LogP) is 7.62. The molecular formula is C42H72N2O9. The van der Waals surface area contributed by atoms with Gasteiger partial charge in [0, 0.05) is 32.5 Å². The summed E-state index contributed by atoms with van der Waals surface area (Å²) >= 11 is 0. The molecule has 0 aromatic rings. The van der Waals surface area contributed by atoms with Crippen molar-refractivity contribution in [3.63, 3.8) is 0 Å². The largest absolute Gasteiger partial charge is 0.480 e. The van der Waals surface area contributed by atoms with Crippen LogP contribution in [0, 0.1) is 0 Å². The first-order chi connectivity index (χ1) is 25.6. The fraction of sp³-hybridized carbons (Fsp3) is 0.738. The van der Waals surface area contributed by atoms with Crippen LogP contribution in [0.4, 0.5) is 0 Å². The van der Waals surface area contributed by atoms with Gasteiger partial charge in [-0.15, -0.1) is 5.73 Å². The van der Waals surface area contributed by atoms with Crippen molar-refractivity contribution in [3.8, 4) is 0 Å². The number of nitrogens with one attached hydrogen (secondary N) is 1. The third-order valence-electron chi connectivity index (χ3n) is 9.46. The molecule has 11 nitrogen and oxygen atoms in total. The van der Waals surface area contributed by atoms with E-state index in [1.54, 1.807) is 0 Å². The Morgan fingerprint density at radius 3 is 1.92 bits per heavy atom. The number of nitrogens with zero attached hydrogens (tertiary/aromatic N) is 1. The van der Waals surface area contributed by atoms with Crippen LogP contribution in [0.15, 0.2) is 42.8 Å². The number of carboxylic acid groups (broad SMARTS) is 1. The van der Waals surface area contributed by atoms with Crippen LogP contribution < -0.4 is 5.32 Å². The van der Waals surface area contributed by atoms with Gasteiger partial charge in [-0.25, -0.2) is 0 Å². The van der Waals surface area contributed by atoms with Gasteiger partial charge in [0.1, 0.15) is 18.8 Å². The molecule has 2 atom stereocenters. The molecule has 0 bridgehead atoms. The van der Waals surface area contributed by atoms with Gasteiger partial charge >= 0.3 is 17.9 Å². The van der Waals surface area contributed by atoms with E-state index in [9.17, 15) is 29.4 Å². The number of hydrogen-bond donors (Lipinski definition) is 3. The molecule has 0 heterocycles. The number of aliphatic carboxylic acids is 1. The van der Waals surface area contributed by atoms with Gasteiger partial charge in [-0.3, -0.25) is 24.1 Å². The van der Waals surface area contributed by atoms with Crippen molar-refractivity contribution in [1.29, 1.82) is 0 Å². The summed E-state index contributed by atoms with van der Waals surface area (Å²) in [5, 5.41) is 22.2. The second-order valence-corrected chi connectivity index (χ2v) is 13.8. The van der Waals surface area contributed by atoms with E-state index in [1.165, 1.54) is 63.4 Å². The van der Waals surface area contributed by atoms with Gasteiger partial charge in [0.05, 0.1) is 31.8 Å². The normalized spacial score (nSPS) is 12.9. The van der Waals surface area contributed by atoms with Crippen molar-refractivity contribution >= 4 is 23.7 Å². The summed E-state index contributed by atoms with van der Waals surface area (Å²) in [6.45, 7) is 11.0. The number of aliphatic hydroxyl groups is 1. The molecule has 0 aliphatic rings. The molecule has 53 heavy (non-hydrogen) atoms. The van der Waals surface area contributed by atoms with Crippen molar-refractivity contribution in [2.75, 3.05) is 46.6 Å². The number of unbranched alkanes of at least 4 members (excludes halogenated alkanes) is 12. The Kier molecular flexibility index (Phi) is 31.3. The van der Waals surface area contributed by atoms with Gasteiger partial charge < -0.3 is 29.7 Å². The fourth-order valence-electron chi connectivity index (χ4n) is 5.77. The molecule has 0 aliphatic heterocycles. The summed E-state index contributed by atoms with van der Waals surface area (Å²) in [7, 11) is 1.52. The minimum absolute atomic E-state index is 0.00627. The summed E-state index contributed by atoms with van der Waals surface area (Å²) in [5.74, 6) is -2.09. The highest BCUT2D eigenvalue weighted by molar-refractivity contribution is 5.91. The molecule has 11 heteroatoms. The van der Waals surface area contributed by atoms with Gasteiger partial charge in [0.2, 0.25) is 0 Å². The van der Waals surface area contributed by atoms with Crippen LogP contribution in [0.1, 0.15) is 142 Å². The molecule has 3 N–H and O–H groups in total. The molecule has 0 spiro atoms. The van der Waals surface area contributed by atoms with Gasteiger partial charge in [-0.05, 0) is 57.4 Å². The number of ketones is 1. The molecule has 0 saturated heterocycles. The third-order valence-corrected chi connectivity index (χ3v) is 9.46. The number of carbonyl (C=O) groups is 4. The number of ether oxygens (including phenoxy) is 3. The van der Waals surface area contributed by atoms with E-state index in [4.69, 9.17) is 14.2 Å². The number of carbonyl (C=O) groups excluding carboxylic acids is 3. The van der Waals surface area contributed by atoms with Crippen LogP contribution in [0.5, 0.6) is 0 Å². The average Bonchev–Trinajstić information content (AvgIpc) is 3.15. The molecule has 0 radical (unpaired) electrons. The Morgan fingerprint density at radius 1 is 0.811 bits per heavy atom. The highest BCUT2D eigenvalue weighted by atomic mass is 16.6. The summed E-state index contributed by atoms with van der Waals surface area (Å²) < 4.78 is 16.7. The molecule has 304 valence electrons. The van der Waals surface area contributed by atoms with E-state index in [1.807, 2.05) is 6.92 Å². The number of carboxylic acids is 1. The number of esters is 2. The van der Waals surface area contributed by atoms with Gasteiger partial charge in [-0.2, -0.15) is 0 Å². The van der Waals surface area contributed by atoms with Gasteiger partial charge in [0.25, 0.3) is 0 Å². The van der Waals surface area contributed by atoms with Crippen LogP contribution in [0.25, 0.3) is 0 Å². The van der Waals surface area contributed by atoms with Crippen molar-refractivity contribution in [1.82, 2.24) is 10.2 Å². The standard InChI is InChI=1S/C42H72N2O9/c1-6-10-11-12-13-14-15-16-17-18-19-20-21-22-23-27-40(49)52-34-42(9-4,51-5)35-53-41(50)29-28-36(7-2)43-30-25-24-26-37(33-45)44(32-39(47)48)31-38(46)8-3/h8,16-17,37,43,45H,2-3,6,9-15,18-35H2,1,4-5H3,(H,47,48)/b17-16-/t37?,42-/m1/s1. The highest BCUT2D eigenvalue weighted by Crippen LogP contribution is 2.19.